The van der Waals surface area contributed by atoms with Crippen LogP contribution in [0.25, 0.3) is 33.8 Å². The van der Waals surface area contributed by atoms with E-state index in [1.54, 1.807) is 6.07 Å². The molecule has 1 N–H and O–H groups in total. The number of benzene rings is 3. The third kappa shape index (κ3) is 6.64. The van der Waals surface area contributed by atoms with Gasteiger partial charge in [0, 0.05) is 17.0 Å². The number of phenols is 1. The number of hydrogen-bond donors (Lipinski definition) is 1. The van der Waals surface area contributed by atoms with E-state index in [0.717, 1.165) is 17.7 Å². The Morgan fingerprint density at radius 3 is 2.02 bits per heavy atom. The second kappa shape index (κ2) is 13.3. The standard InChI is InChI=1S/C37H44N2O2/c1-4-5-6-7-8-9-10-11-12-17-24-41-35-26-33(38-36(39-35)30-19-14-16-21-34(30)40)27-22-23-29-28-18-13-15-20-31(28)37(2,3)32(29)25-27/h13-16,18-23,25-26,40H,4-12,17,24H2,1-3H3. The lowest BCUT2D eigenvalue weighted by Gasteiger charge is -2.22. The van der Waals surface area contributed by atoms with Crippen LogP contribution < -0.4 is 4.74 Å². The number of aromatic nitrogens is 2. The summed E-state index contributed by atoms with van der Waals surface area (Å²) in [7, 11) is 0. The Bertz CT molecular complexity index is 1460. The molecule has 4 aromatic rings. The molecule has 0 amide bonds. The summed E-state index contributed by atoms with van der Waals surface area (Å²) in [4.78, 5) is 9.62. The van der Waals surface area contributed by atoms with Gasteiger partial charge in [0.15, 0.2) is 5.82 Å². The highest BCUT2D eigenvalue weighted by atomic mass is 16.5. The van der Waals surface area contributed by atoms with Crippen molar-refractivity contribution in [2.45, 2.75) is 90.4 Å². The fourth-order valence-corrected chi connectivity index (χ4v) is 6.06. The van der Waals surface area contributed by atoms with Crippen molar-refractivity contribution < 1.29 is 9.84 Å². The molecule has 0 atom stereocenters. The SMILES string of the molecule is CCCCCCCCCCCCOc1cc(-c2ccc3c(c2)C(C)(C)c2ccccc2-3)nc(-c2ccccc2O)n1. The lowest BCUT2D eigenvalue weighted by atomic mass is 9.82. The zero-order chi connectivity index (χ0) is 28.7. The molecule has 214 valence electrons. The van der Waals surface area contributed by atoms with Gasteiger partial charge in [0.1, 0.15) is 5.75 Å². The molecule has 0 spiro atoms. The van der Waals surface area contributed by atoms with Gasteiger partial charge in [-0.15, -0.1) is 0 Å². The van der Waals surface area contributed by atoms with Gasteiger partial charge in [-0.3, -0.25) is 0 Å². The molecule has 1 heterocycles. The van der Waals surface area contributed by atoms with E-state index in [-0.39, 0.29) is 11.2 Å². The van der Waals surface area contributed by atoms with Gasteiger partial charge in [0.25, 0.3) is 0 Å². The average Bonchev–Trinajstić information content (AvgIpc) is 3.22. The van der Waals surface area contributed by atoms with Gasteiger partial charge in [0.2, 0.25) is 5.88 Å². The minimum atomic E-state index is -0.0929. The molecule has 0 aliphatic heterocycles. The Kier molecular flexibility index (Phi) is 9.38. The number of aromatic hydroxyl groups is 1. The number of rotatable bonds is 14. The van der Waals surface area contributed by atoms with Crippen molar-refractivity contribution in [3.8, 4) is 45.4 Å². The summed E-state index contributed by atoms with van der Waals surface area (Å²) in [5.74, 6) is 1.18. The molecule has 5 rings (SSSR count). The van der Waals surface area contributed by atoms with Crippen molar-refractivity contribution in [1.82, 2.24) is 9.97 Å². The Balaban J connectivity index is 1.31. The first kappa shape index (κ1) is 28.9. The fourth-order valence-electron chi connectivity index (χ4n) is 6.06. The van der Waals surface area contributed by atoms with E-state index < -0.39 is 0 Å². The summed E-state index contributed by atoms with van der Waals surface area (Å²) in [6.45, 7) is 7.47. The summed E-state index contributed by atoms with van der Waals surface area (Å²) < 4.78 is 6.19. The van der Waals surface area contributed by atoms with Crippen LogP contribution in [0.15, 0.2) is 72.8 Å². The second-order valence-electron chi connectivity index (χ2n) is 11.9. The van der Waals surface area contributed by atoms with Crippen LogP contribution in [0.3, 0.4) is 0 Å². The van der Waals surface area contributed by atoms with Gasteiger partial charge < -0.3 is 9.84 Å². The zero-order valence-electron chi connectivity index (χ0n) is 25.0. The minimum Gasteiger partial charge on any atom is -0.507 e. The Hall–Kier alpha value is -3.66. The zero-order valence-corrected chi connectivity index (χ0v) is 25.0. The smallest absolute Gasteiger partial charge is 0.217 e. The number of phenolic OH excluding ortho intramolecular Hbond substituents is 1. The van der Waals surface area contributed by atoms with Crippen molar-refractivity contribution >= 4 is 0 Å². The third-order valence-corrected chi connectivity index (χ3v) is 8.47. The van der Waals surface area contributed by atoms with Crippen molar-refractivity contribution in [2.24, 2.45) is 0 Å². The van der Waals surface area contributed by atoms with Crippen LogP contribution in [0.4, 0.5) is 0 Å². The molecule has 0 fully saturated rings. The summed E-state index contributed by atoms with van der Waals surface area (Å²) in [5, 5.41) is 10.6. The first-order valence-corrected chi connectivity index (χ1v) is 15.5. The van der Waals surface area contributed by atoms with Gasteiger partial charge in [-0.25, -0.2) is 4.98 Å². The Labute approximate surface area is 245 Å². The lowest BCUT2D eigenvalue weighted by Crippen LogP contribution is -2.15. The number of unbranched alkanes of at least 4 members (excludes halogenated alkanes) is 9. The predicted molar refractivity (Wildman–Crippen MR) is 169 cm³/mol. The van der Waals surface area contributed by atoms with Gasteiger partial charge in [-0.05, 0) is 46.9 Å². The molecule has 1 aromatic heterocycles. The number of ether oxygens (including phenoxy) is 1. The quantitative estimate of drug-likeness (QED) is 0.159. The molecular formula is C37H44N2O2. The summed E-state index contributed by atoms with van der Waals surface area (Å²) in [6, 6.07) is 24.5. The van der Waals surface area contributed by atoms with Crippen LogP contribution in [0.5, 0.6) is 11.6 Å². The maximum absolute atomic E-state index is 10.6. The van der Waals surface area contributed by atoms with Gasteiger partial charge in [-0.2, -0.15) is 4.98 Å². The molecule has 4 heteroatoms. The monoisotopic (exact) mass is 548 g/mol. The highest BCUT2D eigenvalue weighted by Gasteiger charge is 2.35. The molecule has 41 heavy (non-hydrogen) atoms. The lowest BCUT2D eigenvalue weighted by molar-refractivity contribution is 0.293. The minimum absolute atomic E-state index is 0.0929. The molecule has 4 nitrogen and oxygen atoms in total. The molecule has 3 aromatic carbocycles. The van der Waals surface area contributed by atoms with E-state index in [1.165, 1.54) is 80.0 Å². The molecule has 0 unspecified atom stereocenters. The molecule has 1 aliphatic rings. The second-order valence-corrected chi connectivity index (χ2v) is 11.9. The molecule has 0 bridgehead atoms. The largest absolute Gasteiger partial charge is 0.507 e. The van der Waals surface area contributed by atoms with E-state index in [1.807, 2.05) is 24.3 Å². The summed E-state index contributed by atoms with van der Waals surface area (Å²) in [5.41, 5.74) is 7.56. The van der Waals surface area contributed by atoms with Crippen molar-refractivity contribution in [3.05, 3.63) is 83.9 Å². The average molecular weight is 549 g/mol. The van der Waals surface area contributed by atoms with E-state index in [0.29, 0.717) is 23.9 Å². The normalized spacial score (nSPS) is 13.1. The first-order valence-electron chi connectivity index (χ1n) is 15.5. The van der Waals surface area contributed by atoms with Crippen LogP contribution >= 0.6 is 0 Å². The predicted octanol–water partition coefficient (Wildman–Crippen LogP) is 10.1. The Morgan fingerprint density at radius 1 is 0.659 bits per heavy atom. The Morgan fingerprint density at radius 2 is 1.29 bits per heavy atom. The van der Waals surface area contributed by atoms with Crippen LogP contribution in [0.2, 0.25) is 0 Å². The van der Waals surface area contributed by atoms with Crippen LogP contribution in [-0.2, 0) is 5.41 Å². The highest BCUT2D eigenvalue weighted by Crippen LogP contribution is 2.49. The van der Waals surface area contributed by atoms with Crippen LogP contribution in [0, 0.1) is 0 Å². The van der Waals surface area contributed by atoms with E-state index in [9.17, 15) is 5.11 Å². The molecule has 0 saturated carbocycles. The first-order chi connectivity index (χ1) is 20.0. The topological polar surface area (TPSA) is 55.2 Å². The van der Waals surface area contributed by atoms with Crippen LogP contribution in [-0.4, -0.2) is 21.7 Å². The third-order valence-electron chi connectivity index (χ3n) is 8.47. The molecule has 1 aliphatic carbocycles. The number of hydrogen-bond acceptors (Lipinski definition) is 4. The van der Waals surface area contributed by atoms with E-state index >= 15 is 0 Å². The van der Waals surface area contributed by atoms with Gasteiger partial charge >= 0.3 is 0 Å². The number of para-hydroxylation sites is 1. The van der Waals surface area contributed by atoms with Crippen LogP contribution in [0.1, 0.15) is 96.1 Å². The van der Waals surface area contributed by atoms with Gasteiger partial charge in [-0.1, -0.05) is 127 Å². The maximum atomic E-state index is 10.6. The van der Waals surface area contributed by atoms with Crippen molar-refractivity contribution in [3.63, 3.8) is 0 Å². The fraction of sp³-hybridized carbons (Fsp3) is 0.405. The van der Waals surface area contributed by atoms with E-state index in [4.69, 9.17) is 14.7 Å². The molecule has 0 saturated heterocycles. The van der Waals surface area contributed by atoms with Gasteiger partial charge in [0.05, 0.1) is 17.9 Å². The van der Waals surface area contributed by atoms with E-state index in [2.05, 4.69) is 63.2 Å². The van der Waals surface area contributed by atoms with Crippen molar-refractivity contribution in [1.29, 1.82) is 0 Å². The number of fused-ring (bicyclic) bond motifs is 3. The maximum Gasteiger partial charge on any atom is 0.217 e. The molecular weight excluding hydrogens is 504 g/mol. The summed E-state index contributed by atoms with van der Waals surface area (Å²) in [6.07, 6.45) is 12.9. The highest BCUT2D eigenvalue weighted by molar-refractivity contribution is 5.83. The molecule has 0 radical (unpaired) electrons. The van der Waals surface area contributed by atoms with Crippen molar-refractivity contribution in [2.75, 3.05) is 6.61 Å². The summed E-state index contributed by atoms with van der Waals surface area (Å²) >= 11 is 0. The number of nitrogens with zero attached hydrogens (tertiary/aromatic N) is 2.